The van der Waals surface area contributed by atoms with Gasteiger partial charge in [0.1, 0.15) is 5.75 Å². The second-order valence-electron chi connectivity index (χ2n) is 4.46. The van der Waals surface area contributed by atoms with Gasteiger partial charge in [0.15, 0.2) is 0 Å². The van der Waals surface area contributed by atoms with Crippen molar-refractivity contribution in [3.8, 4) is 5.75 Å². The van der Waals surface area contributed by atoms with Gasteiger partial charge in [0.2, 0.25) is 0 Å². The maximum atomic E-state index is 13.9. The number of hydrogen-bond donors (Lipinski definition) is 1. The standard InChI is InChI=1S/C12H14F2N2O3/c1-19-11-6-8(16(17)18)2-3-9(11)10-4-5-15-7-12(10,13)14/h2-3,6,10,15H,4-5,7H2,1H3. The van der Waals surface area contributed by atoms with E-state index in [2.05, 4.69) is 5.32 Å². The van der Waals surface area contributed by atoms with Crippen LogP contribution in [0, 0.1) is 10.1 Å². The number of nitro groups is 1. The highest BCUT2D eigenvalue weighted by molar-refractivity contribution is 5.46. The van der Waals surface area contributed by atoms with Crippen LogP contribution in [0.2, 0.25) is 0 Å². The number of ether oxygens (including phenoxy) is 1. The molecule has 1 N–H and O–H groups in total. The van der Waals surface area contributed by atoms with E-state index in [-0.39, 0.29) is 17.9 Å². The number of piperidine rings is 1. The zero-order valence-electron chi connectivity index (χ0n) is 10.4. The van der Waals surface area contributed by atoms with E-state index in [0.29, 0.717) is 12.1 Å². The molecular weight excluding hydrogens is 258 g/mol. The fraction of sp³-hybridized carbons (Fsp3) is 0.500. The Morgan fingerprint density at radius 2 is 2.26 bits per heavy atom. The van der Waals surface area contributed by atoms with E-state index in [1.165, 1.54) is 25.3 Å². The fourth-order valence-corrected chi connectivity index (χ4v) is 2.32. The van der Waals surface area contributed by atoms with Crippen LogP contribution in [-0.4, -0.2) is 31.0 Å². The first-order valence-electron chi connectivity index (χ1n) is 5.86. The summed E-state index contributed by atoms with van der Waals surface area (Å²) in [5, 5.41) is 13.3. The maximum absolute atomic E-state index is 13.9. The van der Waals surface area contributed by atoms with E-state index in [4.69, 9.17) is 4.74 Å². The molecule has 0 aliphatic carbocycles. The highest BCUT2D eigenvalue weighted by Crippen LogP contribution is 2.42. The monoisotopic (exact) mass is 272 g/mol. The van der Waals surface area contributed by atoms with Crippen LogP contribution in [0.15, 0.2) is 18.2 Å². The SMILES string of the molecule is COc1cc([N+](=O)[O-])ccc1C1CCNCC1(F)F. The number of benzene rings is 1. The topological polar surface area (TPSA) is 64.4 Å². The average Bonchev–Trinajstić information content (AvgIpc) is 2.37. The zero-order chi connectivity index (χ0) is 14.0. The summed E-state index contributed by atoms with van der Waals surface area (Å²) in [4.78, 5) is 10.1. The summed E-state index contributed by atoms with van der Waals surface area (Å²) in [6.45, 7) is 0.0954. The predicted molar refractivity (Wildman–Crippen MR) is 64.8 cm³/mol. The number of nitro benzene ring substituents is 1. The highest BCUT2D eigenvalue weighted by Gasteiger charge is 2.43. The van der Waals surface area contributed by atoms with Crippen LogP contribution in [0.4, 0.5) is 14.5 Å². The molecule has 1 fully saturated rings. The van der Waals surface area contributed by atoms with E-state index in [1.807, 2.05) is 0 Å². The molecule has 5 nitrogen and oxygen atoms in total. The minimum Gasteiger partial charge on any atom is -0.496 e. The molecule has 7 heteroatoms. The number of halogens is 2. The number of rotatable bonds is 3. The third-order valence-electron chi connectivity index (χ3n) is 3.28. The molecule has 1 unspecified atom stereocenters. The van der Waals surface area contributed by atoms with Crippen LogP contribution in [0.5, 0.6) is 5.75 Å². The summed E-state index contributed by atoms with van der Waals surface area (Å²) in [6.07, 6.45) is 0.265. The van der Waals surface area contributed by atoms with Crippen molar-refractivity contribution in [2.45, 2.75) is 18.3 Å². The molecule has 0 saturated carbocycles. The third kappa shape index (κ3) is 2.65. The number of alkyl halides is 2. The zero-order valence-corrected chi connectivity index (χ0v) is 10.4. The van der Waals surface area contributed by atoms with Crippen molar-refractivity contribution >= 4 is 5.69 Å². The number of hydrogen-bond acceptors (Lipinski definition) is 4. The van der Waals surface area contributed by atoms with Gasteiger partial charge in [-0.05, 0) is 19.0 Å². The normalized spacial score (nSPS) is 21.9. The molecule has 1 atom stereocenters. The first-order valence-corrected chi connectivity index (χ1v) is 5.86. The number of nitrogens with zero attached hydrogens (tertiary/aromatic N) is 1. The summed E-state index contributed by atoms with van der Waals surface area (Å²) >= 11 is 0. The molecule has 104 valence electrons. The van der Waals surface area contributed by atoms with Crippen LogP contribution >= 0.6 is 0 Å². The van der Waals surface area contributed by atoms with Crippen LogP contribution in [-0.2, 0) is 0 Å². The first-order chi connectivity index (χ1) is 8.95. The molecule has 0 bridgehead atoms. The first kappa shape index (κ1) is 13.7. The lowest BCUT2D eigenvalue weighted by Gasteiger charge is -2.32. The van der Waals surface area contributed by atoms with Crippen molar-refractivity contribution in [3.63, 3.8) is 0 Å². The lowest BCUT2D eigenvalue weighted by atomic mass is 9.86. The fourth-order valence-electron chi connectivity index (χ4n) is 2.32. The van der Waals surface area contributed by atoms with Gasteiger partial charge >= 0.3 is 0 Å². The quantitative estimate of drug-likeness (QED) is 0.677. The molecular formula is C12H14F2N2O3. The van der Waals surface area contributed by atoms with E-state index < -0.39 is 23.3 Å². The summed E-state index contributed by atoms with van der Waals surface area (Å²) < 4.78 is 32.8. The van der Waals surface area contributed by atoms with Crippen LogP contribution in [0.1, 0.15) is 17.9 Å². The van der Waals surface area contributed by atoms with E-state index >= 15 is 0 Å². The number of nitrogens with one attached hydrogen (secondary N) is 1. The van der Waals surface area contributed by atoms with Gasteiger partial charge in [-0.2, -0.15) is 0 Å². The Kier molecular flexibility index (Phi) is 3.66. The molecule has 1 heterocycles. The molecule has 0 amide bonds. The van der Waals surface area contributed by atoms with Gasteiger partial charge in [0.25, 0.3) is 11.6 Å². The van der Waals surface area contributed by atoms with Gasteiger partial charge in [-0.3, -0.25) is 10.1 Å². The van der Waals surface area contributed by atoms with Gasteiger partial charge in [-0.25, -0.2) is 8.78 Å². The van der Waals surface area contributed by atoms with Crippen molar-refractivity contribution in [1.29, 1.82) is 0 Å². The summed E-state index contributed by atoms with van der Waals surface area (Å²) in [6, 6.07) is 3.78. The Bertz CT molecular complexity index is 494. The molecule has 1 aliphatic heterocycles. The van der Waals surface area contributed by atoms with Crippen LogP contribution in [0.25, 0.3) is 0 Å². The molecule has 1 aromatic carbocycles. The second kappa shape index (κ2) is 5.08. The van der Waals surface area contributed by atoms with E-state index in [1.54, 1.807) is 0 Å². The largest absolute Gasteiger partial charge is 0.496 e. The van der Waals surface area contributed by atoms with Gasteiger partial charge in [-0.1, -0.05) is 0 Å². The van der Waals surface area contributed by atoms with Crippen LogP contribution in [0.3, 0.4) is 0 Å². The third-order valence-corrected chi connectivity index (χ3v) is 3.28. The minimum absolute atomic E-state index is 0.140. The second-order valence-corrected chi connectivity index (χ2v) is 4.46. The summed E-state index contributed by atoms with van der Waals surface area (Å²) in [5.41, 5.74) is 0.150. The molecule has 1 aromatic rings. The van der Waals surface area contributed by atoms with Gasteiger partial charge in [0.05, 0.1) is 30.6 Å². The van der Waals surface area contributed by atoms with E-state index in [0.717, 1.165) is 0 Å². The molecule has 2 rings (SSSR count). The Hall–Kier alpha value is -1.76. The molecule has 1 saturated heterocycles. The Labute approximate surface area is 108 Å². The Morgan fingerprint density at radius 3 is 2.84 bits per heavy atom. The summed E-state index contributed by atoms with van der Waals surface area (Å²) in [7, 11) is 1.32. The molecule has 0 radical (unpaired) electrons. The van der Waals surface area contributed by atoms with Crippen molar-refractivity contribution in [1.82, 2.24) is 5.32 Å². The smallest absolute Gasteiger partial charge is 0.273 e. The Morgan fingerprint density at radius 1 is 1.53 bits per heavy atom. The predicted octanol–water partition coefficient (Wildman–Crippen LogP) is 2.32. The van der Waals surface area contributed by atoms with Gasteiger partial charge < -0.3 is 10.1 Å². The molecule has 0 aromatic heterocycles. The minimum atomic E-state index is -2.89. The Balaban J connectivity index is 2.41. The van der Waals surface area contributed by atoms with Crippen molar-refractivity contribution in [3.05, 3.63) is 33.9 Å². The molecule has 1 aliphatic rings. The lowest BCUT2D eigenvalue weighted by Crippen LogP contribution is -2.44. The molecule has 0 spiro atoms. The lowest BCUT2D eigenvalue weighted by molar-refractivity contribution is -0.385. The number of non-ortho nitro benzene ring substituents is 1. The maximum Gasteiger partial charge on any atom is 0.273 e. The van der Waals surface area contributed by atoms with Gasteiger partial charge in [0, 0.05) is 11.6 Å². The molecule has 19 heavy (non-hydrogen) atoms. The average molecular weight is 272 g/mol. The number of methoxy groups -OCH3 is 1. The highest BCUT2D eigenvalue weighted by atomic mass is 19.3. The van der Waals surface area contributed by atoms with Crippen molar-refractivity contribution in [2.75, 3.05) is 20.2 Å². The summed E-state index contributed by atoms with van der Waals surface area (Å²) in [5.74, 6) is -3.73. The van der Waals surface area contributed by atoms with Crippen LogP contribution < -0.4 is 10.1 Å². The van der Waals surface area contributed by atoms with Gasteiger partial charge in [-0.15, -0.1) is 0 Å². The van der Waals surface area contributed by atoms with Crippen molar-refractivity contribution in [2.24, 2.45) is 0 Å². The van der Waals surface area contributed by atoms with Crippen molar-refractivity contribution < 1.29 is 18.4 Å². The van der Waals surface area contributed by atoms with E-state index in [9.17, 15) is 18.9 Å².